The van der Waals surface area contributed by atoms with Crippen molar-refractivity contribution >= 4 is 18.1 Å². The molecule has 3 rings (SSSR count). The summed E-state index contributed by atoms with van der Waals surface area (Å²) >= 11 is 5.37. The van der Waals surface area contributed by atoms with Crippen LogP contribution in [0.1, 0.15) is 38.2 Å². The van der Waals surface area contributed by atoms with Crippen LogP contribution in [0.15, 0.2) is 24.3 Å². The molecule has 134 valence electrons. The minimum atomic E-state index is 0.216. The molecule has 0 unspecified atom stereocenters. The van der Waals surface area contributed by atoms with Crippen molar-refractivity contribution in [3.8, 4) is 11.4 Å². The van der Waals surface area contributed by atoms with Crippen molar-refractivity contribution in [2.75, 3.05) is 13.1 Å². The van der Waals surface area contributed by atoms with Crippen LogP contribution >= 0.6 is 12.2 Å². The highest BCUT2D eigenvalue weighted by molar-refractivity contribution is 7.71. The van der Waals surface area contributed by atoms with Crippen LogP contribution in [0.5, 0.6) is 0 Å². The number of aromatic amines is 1. The number of nitrogens with one attached hydrogen (secondary N) is 1. The maximum Gasteiger partial charge on any atom is 0.224 e. The van der Waals surface area contributed by atoms with E-state index in [1.165, 1.54) is 12.0 Å². The summed E-state index contributed by atoms with van der Waals surface area (Å²) in [6, 6.07) is 8.17. The fourth-order valence-corrected chi connectivity index (χ4v) is 3.71. The molecule has 1 aliphatic rings. The molecule has 1 N–H and O–H groups in total. The Morgan fingerprint density at radius 2 is 2.12 bits per heavy atom. The molecule has 2 heterocycles. The second kappa shape index (κ2) is 7.95. The highest BCUT2D eigenvalue weighted by Crippen LogP contribution is 2.22. The van der Waals surface area contributed by atoms with E-state index < -0.39 is 0 Å². The second-order valence-corrected chi connectivity index (χ2v) is 7.24. The van der Waals surface area contributed by atoms with E-state index in [0.29, 0.717) is 17.7 Å². The van der Waals surface area contributed by atoms with Crippen molar-refractivity contribution in [2.45, 2.75) is 46.1 Å². The predicted molar refractivity (Wildman–Crippen MR) is 102 cm³/mol. The predicted octanol–water partition coefficient (Wildman–Crippen LogP) is 3.95. The lowest BCUT2D eigenvalue weighted by atomic mass is 9.94. The summed E-state index contributed by atoms with van der Waals surface area (Å²) in [6.45, 7) is 6.62. The molecular formula is C19H26N4OS. The average Bonchev–Trinajstić information content (AvgIpc) is 3.00. The Hall–Kier alpha value is -1.95. The van der Waals surface area contributed by atoms with Crippen LogP contribution in [0, 0.1) is 17.6 Å². The zero-order chi connectivity index (χ0) is 17.8. The van der Waals surface area contributed by atoms with Crippen LogP contribution in [0.4, 0.5) is 0 Å². The first-order valence-corrected chi connectivity index (χ1v) is 9.49. The number of nitrogens with zero attached hydrogens (tertiary/aromatic N) is 3. The first kappa shape index (κ1) is 17.9. The lowest BCUT2D eigenvalue weighted by molar-refractivity contribution is -0.132. The Morgan fingerprint density at radius 1 is 1.36 bits per heavy atom. The smallest absolute Gasteiger partial charge is 0.224 e. The van der Waals surface area contributed by atoms with Crippen LogP contribution in [-0.2, 0) is 11.3 Å². The number of carbonyl (C=O) groups excluding carboxylic acids is 1. The lowest BCUT2D eigenvalue weighted by Gasteiger charge is -2.31. The maximum absolute atomic E-state index is 12.5. The van der Waals surface area contributed by atoms with Gasteiger partial charge in [-0.3, -0.25) is 14.5 Å². The van der Waals surface area contributed by atoms with Gasteiger partial charge >= 0.3 is 0 Å². The summed E-state index contributed by atoms with van der Waals surface area (Å²) < 4.78 is 2.50. The SMILES string of the molecule is CCC1CCN(C(=O)CCn2c(-c3cccc(C)c3)n[nH]c2=S)CC1. The summed E-state index contributed by atoms with van der Waals surface area (Å²) in [5, 5.41) is 7.22. The molecule has 0 bridgehead atoms. The maximum atomic E-state index is 12.5. The van der Waals surface area contributed by atoms with Crippen molar-refractivity contribution < 1.29 is 4.79 Å². The third-order valence-corrected chi connectivity index (χ3v) is 5.44. The molecule has 0 aliphatic carbocycles. The molecule has 25 heavy (non-hydrogen) atoms. The molecule has 1 fully saturated rings. The fraction of sp³-hybridized carbons (Fsp3) is 0.526. The normalized spacial score (nSPS) is 15.5. The number of H-pyrrole nitrogens is 1. The van der Waals surface area contributed by atoms with Gasteiger partial charge in [0, 0.05) is 31.6 Å². The molecule has 2 aromatic rings. The number of hydrogen-bond donors (Lipinski definition) is 1. The molecule has 5 nitrogen and oxygen atoms in total. The summed E-state index contributed by atoms with van der Waals surface area (Å²) in [5.41, 5.74) is 2.19. The van der Waals surface area contributed by atoms with E-state index in [1.807, 2.05) is 21.6 Å². The van der Waals surface area contributed by atoms with Crippen molar-refractivity contribution in [3.63, 3.8) is 0 Å². The molecule has 1 saturated heterocycles. The number of piperidine rings is 1. The van der Waals surface area contributed by atoms with E-state index in [-0.39, 0.29) is 5.91 Å². The second-order valence-electron chi connectivity index (χ2n) is 6.86. The largest absolute Gasteiger partial charge is 0.343 e. The van der Waals surface area contributed by atoms with Crippen molar-refractivity contribution in [2.24, 2.45) is 5.92 Å². The van der Waals surface area contributed by atoms with Crippen LogP contribution < -0.4 is 0 Å². The van der Waals surface area contributed by atoms with E-state index in [0.717, 1.165) is 43.2 Å². The first-order chi connectivity index (χ1) is 12.1. The van der Waals surface area contributed by atoms with E-state index in [4.69, 9.17) is 12.2 Å². The first-order valence-electron chi connectivity index (χ1n) is 9.08. The Balaban J connectivity index is 1.67. The van der Waals surface area contributed by atoms with Gasteiger partial charge in [0.2, 0.25) is 5.91 Å². The summed E-state index contributed by atoms with van der Waals surface area (Å²) in [5.74, 6) is 1.79. The molecule has 0 atom stereocenters. The topological polar surface area (TPSA) is 53.9 Å². The van der Waals surface area contributed by atoms with Crippen LogP contribution in [0.2, 0.25) is 0 Å². The van der Waals surface area contributed by atoms with Gasteiger partial charge in [0.1, 0.15) is 0 Å². The fourth-order valence-electron chi connectivity index (χ4n) is 3.49. The van der Waals surface area contributed by atoms with Crippen LogP contribution in [-0.4, -0.2) is 38.7 Å². The zero-order valence-corrected chi connectivity index (χ0v) is 15.8. The monoisotopic (exact) mass is 358 g/mol. The third-order valence-electron chi connectivity index (χ3n) is 5.13. The molecule has 1 aromatic carbocycles. The summed E-state index contributed by atoms with van der Waals surface area (Å²) in [7, 11) is 0. The van der Waals surface area contributed by atoms with Gasteiger partial charge in [-0.05, 0) is 44.0 Å². The zero-order valence-electron chi connectivity index (χ0n) is 15.0. The highest BCUT2D eigenvalue weighted by atomic mass is 32.1. The Labute approximate surface area is 154 Å². The van der Waals surface area contributed by atoms with E-state index in [2.05, 4.69) is 36.2 Å². The van der Waals surface area contributed by atoms with E-state index >= 15 is 0 Å². The van der Waals surface area contributed by atoms with E-state index in [1.54, 1.807) is 0 Å². The van der Waals surface area contributed by atoms with Gasteiger partial charge in [-0.1, -0.05) is 37.1 Å². The molecular weight excluding hydrogens is 332 g/mol. The quantitative estimate of drug-likeness (QED) is 0.823. The van der Waals surface area contributed by atoms with Gasteiger partial charge in [0.25, 0.3) is 0 Å². The van der Waals surface area contributed by atoms with Crippen molar-refractivity contribution in [3.05, 3.63) is 34.6 Å². The molecule has 0 radical (unpaired) electrons. The molecule has 1 aromatic heterocycles. The average molecular weight is 359 g/mol. The van der Waals surface area contributed by atoms with Gasteiger partial charge in [0.15, 0.2) is 10.6 Å². The summed E-state index contributed by atoms with van der Waals surface area (Å²) in [4.78, 5) is 14.6. The molecule has 0 spiro atoms. The molecule has 1 aliphatic heterocycles. The Kier molecular flexibility index (Phi) is 5.68. The van der Waals surface area contributed by atoms with E-state index in [9.17, 15) is 4.79 Å². The number of aromatic nitrogens is 3. The van der Waals surface area contributed by atoms with Gasteiger partial charge in [-0.2, -0.15) is 5.10 Å². The number of likely N-dealkylation sites (tertiary alicyclic amines) is 1. The van der Waals surface area contributed by atoms with Gasteiger partial charge in [-0.15, -0.1) is 0 Å². The minimum Gasteiger partial charge on any atom is -0.343 e. The van der Waals surface area contributed by atoms with Crippen molar-refractivity contribution in [1.29, 1.82) is 0 Å². The van der Waals surface area contributed by atoms with Gasteiger partial charge in [-0.25, -0.2) is 0 Å². The van der Waals surface area contributed by atoms with Gasteiger partial charge < -0.3 is 4.90 Å². The lowest BCUT2D eigenvalue weighted by Crippen LogP contribution is -2.38. The number of amides is 1. The third kappa shape index (κ3) is 4.18. The molecule has 0 saturated carbocycles. The number of aryl methyl sites for hydroxylation is 1. The Morgan fingerprint density at radius 3 is 2.80 bits per heavy atom. The number of carbonyl (C=O) groups is 1. The van der Waals surface area contributed by atoms with Crippen LogP contribution in [0.25, 0.3) is 11.4 Å². The highest BCUT2D eigenvalue weighted by Gasteiger charge is 2.22. The van der Waals surface area contributed by atoms with Gasteiger partial charge in [0.05, 0.1) is 0 Å². The van der Waals surface area contributed by atoms with Crippen molar-refractivity contribution in [1.82, 2.24) is 19.7 Å². The Bertz CT molecular complexity index is 787. The minimum absolute atomic E-state index is 0.216. The number of rotatable bonds is 5. The number of benzene rings is 1. The van der Waals surface area contributed by atoms with Crippen LogP contribution in [0.3, 0.4) is 0 Å². The number of hydrogen-bond acceptors (Lipinski definition) is 3. The molecule has 6 heteroatoms. The standard InChI is InChI=1S/C19H26N4OS/c1-3-15-7-10-22(11-8-15)17(24)9-12-23-18(20-21-19(23)25)16-6-4-5-14(2)13-16/h4-6,13,15H,3,7-12H2,1-2H3,(H,21,25). The summed E-state index contributed by atoms with van der Waals surface area (Å²) in [6.07, 6.45) is 3.93. The molecule has 1 amide bonds.